The van der Waals surface area contributed by atoms with Crippen molar-refractivity contribution in [3.8, 4) is 0 Å². The number of alkyl halides is 3. The fraction of sp³-hybridized carbons (Fsp3) is 0.500. The largest absolute Gasteiger partial charge is 0.390 e. The van der Waals surface area contributed by atoms with E-state index in [9.17, 15) is 13.2 Å². The molecule has 1 aromatic rings. The second kappa shape index (κ2) is 6.26. The van der Waals surface area contributed by atoms with E-state index >= 15 is 0 Å². The molecule has 0 saturated heterocycles. The summed E-state index contributed by atoms with van der Waals surface area (Å²) in [5.74, 6) is 0. The third-order valence-corrected chi connectivity index (χ3v) is 2.60. The van der Waals surface area contributed by atoms with Crippen molar-refractivity contribution in [2.24, 2.45) is 0 Å². The molecule has 0 aliphatic rings. The molecule has 0 aliphatic heterocycles. The molecule has 0 saturated carbocycles. The van der Waals surface area contributed by atoms with Gasteiger partial charge in [0.1, 0.15) is 0 Å². The van der Waals surface area contributed by atoms with Crippen molar-refractivity contribution in [2.45, 2.75) is 32.0 Å². The first-order chi connectivity index (χ1) is 7.92. The first-order valence-electron chi connectivity index (χ1n) is 5.48. The highest BCUT2D eigenvalue weighted by Crippen LogP contribution is 2.29. The summed E-state index contributed by atoms with van der Waals surface area (Å²) in [5, 5.41) is 3.42. The zero-order valence-corrected chi connectivity index (χ0v) is 10.3. The van der Waals surface area contributed by atoms with E-state index in [0.717, 1.165) is 6.42 Å². The lowest BCUT2D eigenvalue weighted by Crippen LogP contribution is -2.27. The molecular formula is C12H15ClF3N. The van der Waals surface area contributed by atoms with Gasteiger partial charge in [-0.1, -0.05) is 30.7 Å². The number of benzene rings is 1. The highest BCUT2D eigenvalue weighted by Gasteiger charge is 2.32. The third kappa shape index (κ3) is 5.41. The summed E-state index contributed by atoms with van der Waals surface area (Å²) in [6, 6.07) is 5.76. The molecule has 0 aromatic heterocycles. The van der Waals surface area contributed by atoms with Crippen LogP contribution in [-0.4, -0.2) is 12.7 Å². The summed E-state index contributed by atoms with van der Waals surface area (Å²) in [6.07, 6.45) is -4.25. The van der Waals surface area contributed by atoms with Crippen LogP contribution in [0.5, 0.6) is 0 Å². The van der Waals surface area contributed by atoms with Crippen LogP contribution in [0.4, 0.5) is 13.2 Å². The minimum absolute atomic E-state index is 0.523. The maximum atomic E-state index is 12.4. The molecule has 0 bridgehead atoms. The van der Waals surface area contributed by atoms with Gasteiger partial charge >= 0.3 is 6.18 Å². The smallest absolute Gasteiger partial charge is 0.310 e. The second-order valence-electron chi connectivity index (χ2n) is 3.88. The van der Waals surface area contributed by atoms with Gasteiger partial charge in [-0.25, -0.2) is 0 Å². The Morgan fingerprint density at radius 1 is 1.24 bits per heavy atom. The topological polar surface area (TPSA) is 12.0 Å². The number of rotatable bonds is 5. The first-order valence-corrected chi connectivity index (χ1v) is 5.86. The predicted octanol–water partition coefficient (Wildman–Crippen LogP) is 4.33. The van der Waals surface area contributed by atoms with E-state index < -0.39 is 18.6 Å². The average molecular weight is 266 g/mol. The fourth-order valence-electron chi connectivity index (χ4n) is 1.55. The summed E-state index contributed by atoms with van der Waals surface area (Å²) in [4.78, 5) is 0. The lowest BCUT2D eigenvalue weighted by molar-refractivity contribution is -0.140. The molecule has 0 spiro atoms. The molecule has 0 aliphatic carbocycles. The summed E-state index contributed by atoms with van der Waals surface area (Å²) in [6.45, 7) is 2.48. The Morgan fingerprint density at radius 2 is 1.82 bits per heavy atom. The van der Waals surface area contributed by atoms with Crippen LogP contribution in [0, 0.1) is 0 Å². The summed E-state index contributed by atoms with van der Waals surface area (Å²) in [7, 11) is 0. The minimum Gasteiger partial charge on any atom is -0.310 e. The molecule has 5 heteroatoms. The van der Waals surface area contributed by atoms with Crippen LogP contribution in [0.1, 0.15) is 31.4 Å². The molecule has 1 nitrogen and oxygen atoms in total. The van der Waals surface area contributed by atoms with Crippen LogP contribution >= 0.6 is 11.6 Å². The van der Waals surface area contributed by atoms with Gasteiger partial charge in [-0.05, 0) is 30.7 Å². The predicted molar refractivity (Wildman–Crippen MR) is 63.2 cm³/mol. The number of halogens is 4. The zero-order valence-electron chi connectivity index (χ0n) is 9.52. The molecule has 1 aromatic carbocycles. The molecule has 0 heterocycles. The van der Waals surface area contributed by atoms with Gasteiger partial charge < -0.3 is 5.32 Å². The Kier molecular flexibility index (Phi) is 5.28. The van der Waals surface area contributed by atoms with Crippen molar-refractivity contribution >= 4 is 11.6 Å². The highest BCUT2D eigenvalue weighted by atomic mass is 35.5. The molecule has 0 amide bonds. The normalized spacial score (nSPS) is 13.7. The van der Waals surface area contributed by atoms with Crippen molar-refractivity contribution in [1.82, 2.24) is 5.32 Å². The quantitative estimate of drug-likeness (QED) is 0.835. The lowest BCUT2D eigenvalue weighted by Gasteiger charge is -2.20. The van der Waals surface area contributed by atoms with Crippen LogP contribution in [0.25, 0.3) is 0 Å². The van der Waals surface area contributed by atoms with Crippen molar-refractivity contribution in [2.75, 3.05) is 6.54 Å². The molecule has 17 heavy (non-hydrogen) atoms. The Morgan fingerprint density at radius 3 is 2.29 bits per heavy atom. The van der Waals surface area contributed by atoms with Crippen LogP contribution in [0.3, 0.4) is 0 Å². The maximum absolute atomic E-state index is 12.4. The molecule has 1 rings (SSSR count). The van der Waals surface area contributed by atoms with Gasteiger partial charge in [-0.3, -0.25) is 0 Å². The van der Waals surface area contributed by atoms with E-state index in [1.807, 2.05) is 6.92 Å². The summed E-state index contributed by atoms with van der Waals surface area (Å²) < 4.78 is 37.3. The van der Waals surface area contributed by atoms with Gasteiger partial charge in [0.25, 0.3) is 0 Å². The van der Waals surface area contributed by atoms with Crippen molar-refractivity contribution in [1.29, 1.82) is 0 Å². The van der Waals surface area contributed by atoms with Gasteiger partial charge in [0, 0.05) is 11.1 Å². The standard InChI is InChI=1S/C12H15ClF3N/c1-2-7-17-11(8-12(14,15)16)9-3-5-10(13)6-4-9/h3-6,11,17H,2,7-8H2,1H3. The van der Waals surface area contributed by atoms with E-state index in [2.05, 4.69) is 5.32 Å². The molecule has 1 N–H and O–H groups in total. The lowest BCUT2D eigenvalue weighted by atomic mass is 10.0. The van der Waals surface area contributed by atoms with Crippen molar-refractivity contribution in [3.05, 3.63) is 34.9 Å². The third-order valence-electron chi connectivity index (χ3n) is 2.35. The SMILES string of the molecule is CCCNC(CC(F)(F)F)c1ccc(Cl)cc1. The maximum Gasteiger partial charge on any atom is 0.390 e. The van der Waals surface area contributed by atoms with E-state index in [-0.39, 0.29) is 0 Å². The van der Waals surface area contributed by atoms with Crippen LogP contribution in [0.2, 0.25) is 5.02 Å². The molecule has 1 atom stereocenters. The Hall–Kier alpha value is -0.740. The number of hydrogen-bond donors (Lipinski definition) is 1. The van der Waals surface area contributed by atoms with Crippen molar-refractivity contribution < 1.29 is 13.2 Å². The van der Waals surface area contributed by atoms with Crippen LogP contribution in [-0.2, 0) is 0 Å². The minimum atomic E-state index is -4.18. The van der Waals surface area contributed by atoms with E-state index in [4.69, 9.17) is 11.6 Å². The Balaban J connectivity index is 2.78. The molecule has 96 valence electrons. The summed E-state index contributed by atoms with van der Waals surface area (Å²) in [5.41, 5.74) is 0.611. The zero-order chi connectivity index (χ0) is 12.9. The van der Waals surface area contributed by atoms with Crippen molar-refractivity contribution in [3.63, 3.8) is 0 Å². The van der Waals surface area contributed by atoms with Crippen LogP contribution < -0.4 is 5.32 Å². The van der Waals surface area contributed by atoms with Gasteiger partial charge in [-0.2, -0.15) is 13.2 Å². The van der Waals surface area contributed by atoms with Gasteiger partial charge in [0.05, 0.1) is 6.42 Å². The van der Waals surface area contributed by atoms with E-state index in [0.29, 0.717) is 17.1 Å². The van der Waals surface area contributed by atoms with Gasteiger partial charge in [-0.15, -0.1) is 0 Å². The monoisotopic (exact) mass is 265 g/mol. The molecule has 1 unspecified atom stereocenters. The second-order valence-corrected chi connectivity index (χ2v) is 4.31. The highest BCUT2D eigenvalue weighted by molar-refractivity contribution is 6.30. The average Bonchev–Trinajstić information content (AvgIpc) is 2.24. The first kappa shape index (κ1) is 14.3. The van der Waals surface area contributed by atoms with Crippen LogP contribution in [0.15, 0.2) is 24.3 Å². The molecular weight excluding hydrogens is 251 g/mol. The fourth-order valence-corrected chi connectivity index (χ4v) is 1.68. The Bertz CT molecular complexity index is 335. The van der Waals surface area contributed by atoms with Gasteiger partial charge in [0.15, 0.2) is 0 Å². The van der Waals surface area contributed by atoms with E-state index in [1.165, 1.54) is 0 Å². The number of nitrogens with one attached hydrogen (secondary N) is 1. The Labute approximate surface area is 104 Å². The molecule has 0 radical (unpaired) electrons. The van der Waals surface area contributed by atoms with E-state index in [1.54, 1.807) is 24.3 Å². The summed E-state index contributed by atoms with van der Waals surface area (Å²) >= 11 is 5.71. The molecule has 0 fully saturated rings. The van der Waals surface area contributed by atoms with Gasteiger partial charge in [0.2, 0.25) is 0 Å². The number of hydrogen-bond acceptors (Lipinski definition) is 1.